The normalized spacial score (nSPS) is 26.5. The van der Waals surface area contributed by atoms with Crippen LogP contribution >= 0.6 is 0 Å². The van der Waals surface area contributed by atoms with Gasteiger partial charge in [-0.3, -0.25) is 0 Å². The molecule has 0 spiro atoms. The lowest BCUT2D eigenvalue weighted by Gasteiger charge is -2.30. The zero-order valence-corrected chi connectivity index (χ0v) is 5.91. The molecule has 0 aromatic rings. The number of morpholine rings is 1. The molecule has 10 heavy (non-hydrogen) atoms. The smallest absolute Gasteiger partial charge is 0.407 e. The van der Waals surface area contributed by atoms with Gasteiger partial charge in [0, 0.05) is 6.54 Å². The number of amides is 1. The van der Waals surface area contributed by atoms with Gasteiger partial charge in [0.05, 0.1) is 19.3 Å². The van der Waals surface area contributed by atoms with E-state index in [0.717, 1.165) is 0 Å². The minimum Gasteiger partial charge on any atom is -0.465 e. The maximum absolute atomic E-state index is 10.4. The lowest BCUT2D eigenvalue weighted by atomic mass is 10.3. The highest BCUT2D eigenvalue weighted by Gasteiger charge is 2.22. The monoisotopic (exact) mass is 145 g/mol. The van der Waals surface area contributed by atoms with Crippen molar-refractivity contribution in [3.05, 3.63) is 0 Å². The summed E-state index contributed by atoms with van der Waals surface area (Å²) in [4.78, 5) is 11.8. The molecule has 0 aliphatic carbocycles. The Morgan fingerprint density at radius 2 is 2.50 bits per heavy atom. The maximum Gasteiger partial charge on any atom is 0.407 e. The molecule has 4 heteroatoms. The zero-order valence-electron chi connectivity index (χ0n) is 5.91. The first-order valence-corrected chi connectivity index (χ1v) is 3.29. The summed E-state index contributed by atoms with van der Waals surface area (Å²) in [7, 11) is 0. The van der Waals surface area contributed by atoms with E-state index in [9.17, 15) is 4.79 Å². The standard InChI is InChI=1S/C6H11NO3/c1-5-4-10-3-2-7(5)6(8)9/h5H,2-4H2,1H3,(H,8,9)/t5-/m0/s1. The van der Waals surface area contributed by atoms with Crippen molar-refractivity contribution in [1.29, 1.82) is 0 Å². The Morgan fingerprint density at radius 3 is 2.90 bits per heavy atom. The fourth-order valence-electron chi connectivity index (χ4n) is 1.01. The first-order valence-electron chi connectivity index (χ1n) is 3.29. The second-order valence-electron chi connectivity index (χ2n) is 2.40. The van der Waals surface area contributed by atoms with E-state index in [-0.39, 0.29) is 6.04 Å². The van der Waals surface area contributed by atoms with Crippen LogP contribution in [-0.2, 0) is 4.74 Å². The van der Waals surface area contributed by atoms with Crippen molar-refractivity contribution in [3.63, 3.8) is 0 Å². The average molecular weight is 145 g/mol. The number of rotatable bonds is 0. The van der Waals surface area contributed by atoms with E-state index in [1.54, 1.807) is 0 Å². The number of hydrogen-bond acceptors (Lipinski definition) is 2. The highest BCUT2D eigenvalue weighted by molar-refractivity contribution is 5.65. The summed E-state index contributed by atoms with van der Waals surface area (Å²) in [6, 6.07) is 0.00579. The number of nitrogens with zero attached hydrogens (tertiary/aromatic N) is 1. The van der Waals surface area contributed by atoms with Gasteiger partial charge in [0.2, 0.25) is 0 Å². The Kier molecular flexibility index (Phi) is 2.11. The summed E-state index contributed by atoms with van der Waals surface area (Å²) in [5.41, 5.74) is 0. The molecule has 1 aliphatic heterocycles. The van der Waals surface area contributed by atoms with Crippen molar-refractivity contribution >= 4 is 6.09 Å². The van der Waals surface area contributed by atoms with Crippen molar-refractivity contribution in [2.24, 2.45) is 0 Å². The van der Waals surface area contributed by atoms with Crippen LogP contribution in [0.15, 0.2) is 0 Å². The first kappa shape index (κ1) is 7.34. The van der Waals surface area contributed by atoms with Gasteiger partial charge in [-0.15, -0.1) is 0 Å². The summed E-state index contributed by atoms with van der Waals surface area (Å²) in [5, 5.41) is 8.58. The third-order valence-electron chi connectivity index (χ3n) is 1.61. The molecule has 1 heterocycles. The molecule has 58 valence electrons. The van der Waals surface area contributed by atoms with Crippen LogP contribution in [0.1, 0.15) is 6.92 Å². The van der Waals surface area contributed by atoms with Crippen LogP contribution in [0.3, 0.4) is 0 Å². The fraction of sp³-hybridized carbons (Fsp3) is 0.833. The molecule has 0 unspecified atom stereocenters. The predicted molar refractivity (Wildman–Crippen MR) is 35.0 cm³/mol. The minimum atomic E-state index is -0.851. The lowest BCUT2D eigenvalue weighted by molar-refractivity contribution is 0.00633. The summed E-state index contributed by atoms with van der Waals surface area (Å²) in [6.07, 6.45) is -0.851. The molecular formula is C6H11NO3. The van der Waals surface area contributed by atoms with Gasteiger partial charge in [-0.2, -0.15) is 0 Å². The highest BCUT2D eigenvalue weighted by atomic mass is 16.5. The Morgan fingerprint density at radius 1 is 1.80 bits per heavy atom. The molecule has 0 aromatic carbocycles. The molecule has 1 atom stereocenters. The van der Waals surface area contributed by atoms with E-state index >= 15 is 0 Å². The Bertz CT molecular complexity index is 137. The molecule has 0 aromatic heterocycles. The topological polar surface area (TPSA) is 49.8 Å². The van der Waals surface area contributed by atoms with E-state index in [1.165, 1.54) is 4.90 Å². The average Bonchev–Trinajstić information content (AvgIpc) is 1.88. The second kappa shape index (κ2) is 2.88. The molecule has 1 rings (SSSR count). The minimum absolute atomic E-state index is 0.00579. The molecule has 0 saturated carbocycles. The SMILES string of the molecule is C[C@H]1COCCN1C(=O)O. The molecule has 0 bridgehead atoms. The van der Waals surface area contributed by atoms with Gasteiger partial charge in [0.25, 0.3) is 0 Å². The third-order valence-corrected chi connectivity index (χ3v) is 1.61. The largest absolute Gasteiger partial charge is 0.465 e. The number of hydrogen-bond donors (Lipinski definition) is 1. The molecule has 1 amide bonds. The van der Waals surface area contributed by atoms with Crippen molar-refractivity contribution in [3.8, 4) is 0 Å². The molecule has 4 nitrogen and oxygen atoms in total. The fourth-order valence-corrected chi connectivity index (χ4v) is 1.01. The van der Waals surface area contributed by atoms with Crippen molar-refractivity contribution in [2.45, 2.75) is 13.0 Å². The third kappa shape index (κ3) is 1.39. The van der Waals surface area contributed by atoms with Crippen molar-refractivity contribution in [2.75, 3.05) is 19.8 Å². The summed E-state index contributed by atoms with van der Waals surface area (Å²) >= 11 is 0. The van der Waals surface area contributed by atoms with Gasteiger partial charge in [-0.1, -0.05) is 0 Å². The van der Waals surface area contributed by atoms with Crippen LogP contribution in [0.5, 0.6) is 0 Å². The molecule has 1 saturated heterocycles. The Labute approximate surface area is 59.4 Å². The van der Waals surface area contributed by atoms with E-state index in [1.807, 2.05) is 6.92 Å². The molecule has 1 N–H and O–H groups in total. The summed E-state index contributed by atoms with van der Waals surface area (Å²) in [6.45, 7) is 3.38. The number of carbonyl (C=O) groups is 1. The van der Waals surface area contributed by atoms with E-state index in [4.69, 9.17) is 9.84 Å². The molecular weight excluding hydrogens is 134 g/mol. The van der Waals surface area contributed by atoms with Gasteiger partial charge in [0.15, 0.2) is 0 Å². The lowest BCUT2D eigenvalue weighted by Crippen LogP contribution is -2.46. The number of ether oxygens (including phenoxy) is 1. The quantitative estimate of drug-likeness (QED) is 0.536. The molecule has 1 aliphatic rings. The Hall–Kier alpha value is -0.770. The molecule has 0 radical (unpaired) electrons. The van der Waals surface area contributed by atoms with Gasteiger partial charge >= 0.3 is 6.09 Å². The van der Waals surface area contributed by atoms with Crippen LogP contribution in [0.2, 0.25) is 0 Å². The molecule has 1 fully saturated rings. The van der Waals surface area contributed by atoms with Crippen LogP contribution < -0.4 is 0 Å². The van der Waals surface area contributed by atoms with Crippen LogP contribution in [0, 0.1) is 0 Å². The van der Waals surface area contributed by atoms with Gasteiger partial charge in [0.1, 0.15) is 0 Å². The van der Waals surface area contributed by atoms with Crippen LogP contribution in [0.25, 0.3) is 0 Å². The van der Waals surface area contributed by atoms with Crippen molar-refractivity contribution in [1.82, 2.24) is 4.90 Å². The van der Waals surface area contributed by atoms with Gasteiger partial charge in [-0.05, 0) is 6.92 Å². The summed E-state index contributed by atoms with van der Waals surface area (Å²) in [5.74, 6) is 0. The predicted octanol–water partition coefficient (Wildman–Crippen LogP) is 0.385. The number of carboxylic acid groups (broad SMARTS) is 1. The maximum atomic E-state index is 10.4. The highest BCUT2D eigenvalue weighted by Crippen LogP contribution is 2.05. The van der Waals surface area contributed by atoms with Crippen molar-refractivity contribution < 1.29 is 14.6 Å². The zero-order chi connectivity index (χ0) is 7.56. The summed E-state index contributed by atoms with van der Waals surface area (Å²) < 4.78 is 5.06. The van der Waals surface area contributed by atoms with Gasteiger partial charge < -0.3 is 14.7 Å². The van der Waals surface area contributed by atoms with Crippen LogP contribution in [-0.4, -0.2) is 41.9 Å². The van der Waals surface area contributed by atoms with Gasteiger partial charge in [-0.25, -0.2) is 4.79 Å². The Balaban J connectivity index is 2.47. The van der Waals surface area contributed by atoms with Crippen LogP contribution in [0.4, 0.5) is 4.79 Å². The first-order chi connectivity index (χ1) is 4.72. The van der Waals surface area contributed by atoms with E-state index in [2.05, 4.69) is 0 Å². The second-order valence-corrected chi connectivity index (χ2v) is 2.40. The van der Waals surface area contributed by atoms with E-state index in [0.29, 0.717) is 19.8 Å². The van der Waals surface area contributed by atoms with E-state index < -0.39 is 6.09 Å².